The van der Waals surface area contributed by atoms with Crippen LogP contribution in [0.2, 0.25) is 5.02 Å². The summed E-state index contributed by atoms with van der Waals surface area (Å²) in [6, 6.07) is 5.58. The van der Waals surface area contributed by atoms with E-state index in [-0.39, 0.29) is 0 Å². The molecule has 0 aliphatic carbocycles. The maximum atomic E-state index is 13.1. The van der Waals surface area contributed by atoms with Crippen molar-refractivity contribution < 1.29 is 23.0 Å². The van der Waals surface area contributed by atoms with Crippen LogP contribution in [-0.4, -0.2) is 9.85 Å². The number of benzene rings is 2. The van der Waals surface area contributed by atoms with Crippen molar-refractivity contribution in [3.8, 4) is 11.1 Å². The molecule has 0 heterocycles. The lowest BCUT2D eigenvalue weighted by Crippen LogP contribution is -2.07. The van der Waals surface area contributed by atoms with Crippen LogP contribution in [-0.2, 0) is 6.18 Å². The summed E-state index contributed by atoms with van der Waals surface area (Å²) in [6.45, 7) is 0. The Kier molecular flexibility index (Phi) is 4.24. The zero-order valence-corrected chi connectivity index (χ0v) is 11.8. The van der Waals surface area contributed by atoms with Gasteiger partial charge in [-0.2, -0.15) is 13.2 Å². The highest BCUT2D eigenvalue weighted by molar-refractivity contribution is 6.35. The van der Waals surface area contributed by atoms with E-state index in [0.717, 1.165) is 24.3 Å². The minimum atomic E-state index is -4.75. The Balaban J connectivity index is 2.84. The molecule has 0 saturated heterocycles. The fourth-order valence-electron chi connectivity index (χ4n) is 1.99. The third-order valence-corrected chi connectivity index (χ3v) is 3.37. The molecule has 0 aliphatic rings. The molecule has 0 N–H and O–H groups in total. The zero-order chi connectivity index (χ0) is 17.4. The van der Waals surface area contributed by atoms with Crippen molar-refractivity contribution in [1.29, 1.82) is 0 Å². The van der Waals surface area contributed by atoms with E-state index < -0.39 is 49.1 Å². The van der Waals surface area contributed by atoms with Gasteiger partial charge < -0.3 is 0 Å². The molecule has 0 fully saturated rings. The average Bonchev–Trinajstić information content (AvgIpc) is 2.46. The highest BCUT2D eigenvalue weighted by atomic mass is 35.5. The lowest BCUT2D eigenvalue weighted by molar-refractivity contribution is -0.394. The van der Waals surface area contributed by atoms with Crippen LogP contribution < -0.4 is 0 Å². The van der Waals surface area contributed by atoms with Crippen LogP contribution >= 0.6 is 11.6 Å². The predicted octanol–water partition coefficient (Wildman–Crippen LogP) is 4.84. The van der Waals surface area contributed by atoms with Gasteiger partial charge in [-0.15, -0.1) is 0 Å². The van der Waals surface area contributed by atoms with E-state index in [4.69, 9.17) is 11.6 Å². The van der Waals surface area contributed by atoms with Crippen LogP contribution in [0.3, 0.4) is 0 Å². The molecule has 0 bridgehead atoms. The standard InChI is InChI=1S/C13H6ClF3N2O4/c14-12-9(5-7(18(20)21)6-11(12)19(22)23)8-3-1-2-4-10(8)13(15,16)17/h1-6H. The third kappa shape index (κ3) is 3.24. The maximum absolute atomic E-state index is 13.1. The molecule has 0 aliphatic heterocycles. The lowest BCUT2D eigenvalue weighted by Gasteiger charge is -2.13. The molecule has 0 aromatic heterocycles. The first-order chi connectivity index (χ1) is 10.6. The fourth-order valence-corrected chi connectivity index (χ4v) is 2.27. The van der Waals surface area contributed by atoms with Crippen LogP contribution in [0.15, 0.2) is 36.4 Å². The molecule has 2 rings (SSSR count). The van der Waals surface area contributed by atoms with Crippen molar-refractivity contribution in [3.63, 3.8) is 0 Å². The minimum Gasteiger partial charge on any atom is -0.258 e. The van der Waals surface area contributed by atoms with E-state index in [1.165, 1.54) is 6.07 Å². The Morgan fingerprint density at radius 2 is 1.57 bits per heavy atom. The highest BCUT2D eigenvalue weighted by Crippen LogP contribution is 2.43. The highest BCUT2D eigenvalue weighted by Gasteiger charge is 2.35. The van der Waals surface area contributed by atoms with E-state index in [0.29, 0.717) is 6.07 Å². The average molecular weight is 347 g/mol. The van der Waals surface area contributed by atoms with Gasteiger partial charge in [-0.1, -0.05) is 29.8 Å². The van der Waals surface area contributed by atoms with Gasteiger partial charge in [-0.25, -0.2) is 0 Å². The molecule has 2 aromatic carbocycles. The number of nitro groups is 2. The molecule has 23 heavy (non-hydrogen) atoms. The second-order valence-corrected chi connectivity index (χ2v) is 4.76. The summed E-state index contributed by atoms with van der Waals surface area (Å²) in [5, 5.41) is 21.2. The summed E-state index contributed by atoms with van der Waals surface area (Å²) >= 11 is 5.81. The second-order valence-electron chi connectivity index (χ2n) is 4.38. The number of nitrogens with zero attached hydrogens (tertiary/aromatic N) is 2. The number of non-ortho nitro benzene ring substituents is 1. The van der Waals surface area contributed by atoms with Crippen molar-refractivity contribution >= 4 is 23.0 Å². The Hall–Kier alpha value is -2.68. The van der Waals surface area contributed by atoms with Crippen LogP contribution in [0.4, 0.5) is 24.5 Å². The summed E-state index contributed by atoms with van der Waals surface area (Å²) in [5.41, 5.74) is -3.57. The van der Waals surface area contributed by atoms with Crippen molar-refractivity contribution in [3.05, 3.63) is 67.2 Å². The number of halogens is 4. The number of nitro benzene ring substituents is 2. The van der Waals surface area contributed by atoms with Crippen molar-refractivity contribution in [2.45, 2.75) is 6.18 Å². The third-order valence-electron chi connectivity index (χ3n) is 2.97. The SMILES string of the molecule is O=[N+]([O-])c1cc(-c2ccccc2C(F)(F)F)c(Cl)c([N+](=O)[O-])c1. The minimum absolute atomic E-state index is 0.430. The number of rotatable bonds is 3. The molecule has 0 amide bonds. The number of hydrogen-bond acceptors (Lipinski definition) is 4. The number of alkyl halides is 3. The fraction of sp³-hybridized carbons (Fsp3) is 0.0769. The van der Waals surface area contributed by atoms with Crippen LogP contribution in [0.25, 0.3) is 11.1 Å². The largest absolute Gasteiger partial charge is 0.417 e. The van der Waals surface area contributed by atoms with Crippen LogP contribution in [0.5, 0.6) is 0 Å². The normalized spacial score (nSPS) is 11.3. The van der Waals surface area contributed by atoms with Gasteiger partial charge in [0.2, 0.25) is 0 Å². The summed E-state index contributed by atoms with van der Waals surface area (Å²) < 4.78 is 39.2. The molecular formula is C13H6ClF3N2O4. The molecular weight excluding hydrogens is 341 g/mol. The van der Waals surface area contributed by atoms with Gasteiger partial charge in [0.15, 0.2) is 0 Å². The zero-order valence-electron chi connectivity index (χ0n) is 11.0. The van der Waals surface area contributed by atoms with Crippen molar-refractivity contribution in [2.75, 3.05) is 0 Å². The maximum Gasteiger partial charge on any atom is 0.417 e. The summed E-state index contributed by atoms with van der Waals surface area (Å²) in [6.07, 6.45) is -4.75. The van der Waals surface area contributed by atoms with Gasteiger partial charge in [0.1, 0.15) is 5.02 Å². The molecule has 0 saturated carbocycles. The van der Waals surface area contributed by atoms with Crippen LogP contribution in [0, 0.1) is 20.2 Å². The first kappa shape index (κ1) is 16.7. The van der Waals surface area contributed by atoms with Gasteiger partial charge in [0.05, 0.1) is 21.5 Å². The molecule has 10 heteroatoms. The monoisotopic (exact) mass is 346 g/mol. The van der Waals surface area contributed by atoms with Gasteiger partial charge in [0.25, 0.3) is 11.4 Å². The van der Waals surface area contributed by atoms with E-state index in [1.807, 2.05) is 0 Å². The van der Waals surface area contributed by atoms with Gasteiger partial charge in [-0.3, -0.25) is 20.2 Å². The number of hydrogen-bond donors (Lipinski definition) is 0. The topological polar surface area (TPSA) is 86.3 Å². The van der Waals surface area contributed by atoms with E-state index in [9.17, 15) is 33.4 Å². The summed E-state index contributed by atoms with van der Waals surface area (Å²) in [7, 11) is 0. The molecule has 6 nitrogen and oxygen atoms in total. The predicted molar refractivity (Wildman–Crippen MR) is 75.2 cm³/mol. The molecule has 0 spiro atoms. The summed E-state index contributed by atoms with van der Waals surface area (Å²) in [4.78, 5) is 19.9. The molecule has 0 unspecified atom stereocenters. The van der Waals surface area contributed by atoms with Crippen molar-refractivity contribution in [2.24, 2.45) is 0 Å². The van der Waals surface area contributed by atoms with Crippen molar-refractivity contribution in [1.82, 2.24) is 0 Å². The van der Waals surface area contributed by atoms with E-state index in [1.54, 1.807) is 0 Å². The first-order valence-corrected chi connectivity index (χ1v) is 6.29. The summed E-state index contributed by atoms with van der Waals surface area (Å²) in [5.74, 6) is 0. The van der Waals surface area contributed by atoms with Gasteiger partial charge in [0, 0.05) is 11.6 Å². The Bertz CT molecular complexity index is 808. The quantitative estimate of drug-likeness (QED) is 0.587. The lowest BCUT2D eigenvalue weighted by atomic mass is 9.98. The van der Waals surface area contributed by atoms with Crippen LogP contribution in [0.1, 0.15) is 5.56 Å². The molecule has 0 atom stereocenters. The first-order valence-electron chi connectivity index (χ1n) is 5.92. The Morgan fingerprint density at radius 3 is 2.09 bits per heavy atom. The second kappa shape index (κ2) is 5.84. The van der Waals surface area contributed by atoms with E-state index >= 15 is 0 Å². The molecule has 2 aromatic rings. The van der Waals surface area contributed by atoms with Gasteiger partial charge >= 0.3 is 6.18 Å². The Labute approximate surface area is 131 Å². The van der Waals surface area contributed by atoms with E-state index in [2.05, 4.69) is 0 Å². The van der Waals surface area contributed by atoms with Gasteiger partial charge in [-0.05, 0) is 11.6 Å². The molecule has 120 valence electrons. The smallest absolute Gasteiger partial charge is 0.258 e. The molecule has 0 radical (unpaired) electrons. The Morgan fingerprint density at radius 1 is 0.957 bits per heavy atom.